The summed E-state index contributed by atoms with van der Waals surface area (Å²) in [5, 5.41) is 0. The van der Waals surface area contributed by atoms with Crippen LogP contribution in [0.15, 0.2) is 0 Å². The van der Waals surface area contributed by atoms with Crippen molar-refractivity contribution in [3.8, 4) is 0 Å². The molecule has 0 bridgehead atoms. The summed E-state index contributed by atoms with van der Waals surface area (Å²) in [6, 6.07) is -0.395. The van der Waals surface area contributed by atoms with Gasteiger partial charge in [-0.25, -0.2) is 0 Å². The zero-order valence-electron chi connectivity index (χ0n) is 12.9. The lowest BCUT2D eigenvalue weighted by atomic mass is 9.80. The molecular weight excluding hydrogens is 269 g/mol. The number of halogens is 3. The van der Waals surface area contributed by atoms with Gasteiger partial charge in [0.25, 0.3) is 0 Å². The van der Waals surface area contributed by atoms with Gasteiger partial charge >= 0.3 is 6.18 Å². The maximum atomic E-state index is 12.8. The van der Waals surface area contributed by atoms with Gasteiger partial charge in [0, 0.05) is 12.6 Å². The molecule has 3 nitrogen and oxygen atoms in total. The van der Waals surface area contributed by atoms with E-state index in [2.05, 4.69) is 0 Å². The average molecular weight is 296 g/mol. The first-order chi connectivity index (χ1) is 9.21. The molecule has 1 amide bonds. The molecule has 20 heavy (non-hydrogen) atoms. The van der Waals surface area contributed by atoms with Gasteiger partial charge in [0.1, 0.15) is 6.54 Å². The fourth-order valence-electron chi connectivity index (χ4n) is 2.52. The standard InChI is InChI=1S/C14H27F3N2O/c1-5-11(6-2)19(10-14(15,16)17)12(20)13(7-3,8-4)9-18/h11H,5-10,18H2,1-4H3. The highest BCUT2D eigenvalue weighted by Crippen LogP contribution is 2.31. The van der Waals surface area contributed by atoms with Gasteiger partial charge in [-0.15, -0.1) is 0 Å². The van der Waals surface area contributed by atoms with Crippen molar-refractivity contribution in [3.05, 3.63) is 0 Å². The second-order valence-corrected chi connectivity index (χ2v) is 5.21. The van der Waals surface area contributed by atoms with Crippen LogP contribution < -0.4 is 5.73 Å². The van der Waals surface area contributed by atoms with E-state index in [1.54, 1.807) is 27.7 Å². The van der Waals surface area contributed by atoms with Crippen molar-refractivity contribution < 1.29 is 18.0 Å². The second-order valence-electron chi connectivity index (χ2n) is 5.21. The van der Waals surface area contributed by atoms with Gasteiger partial charge in [-0.1, -0.05) is 27.7 Å². The third-order valence-corrected chi connectivity index (χ3v) is 4.19. The minimum atomic E-state index is -4.39. The van der Waals surface area contributed by atoms with Crippen molar-refractivity contribution in [2.75, 3.05) is 13.1 Å². The summed E-state index contributed by atoms with van der Waals surface area (Å²) in [6.45, 7) is 6.08. The maximum absolute atomic E-state index is 12.8. The number of rotatable bonds is 8. The monoisotopic (exact) mass is 296 g/mol. The molecule has 0 radical (unpaired) electrons. The Bertz CT molecular complexity index is 289. The van der Waals surface area contributed by atoms with Crippen molar-refractivity contribution in [2.45, 2.75) is 65.6 Å². The van der Waals surface area contributed by atoms with Crippen LogP contribution in [0.3, 0.4) is 0 Å². The predicted octanol–water partition coefficient (Wildman–Crippen LogP) is 3.33. The molecule has 0 saturated heterocycles. The number of nitrogens with zero attached hydrogens (tertiary/aromatic N) is 1. The molecule has 0 aliphatic heterocycles. The zero-order valence-corrected chi connectivity index (χ0v) is 12.9. The van der Waals surface area contributed by atoms with E-state index in [9.17, 15) is 18.0 Å². The van der Waals surface area contributed by atoms with Crippen molar-refractivity contribution in [1.29, 1.82) is 0 Å². The molecule has 0 rings (SSSR count). The number of amides is 1. The largest absolute Gasteiger partial charge is 0.406 e. The lowest BCUT2D eigenvalue weighted by molar-refractivity contribution is -0.173. The van der Waals surface area contributed by atoms with E-state index in [-0.39, 0.29) is 6.54 Å². The molecule has 0 aromatic heterocycles. The van der Waals surface area contributed by atoms with Gasteiger partial charge in [-0.2, -0.15) is 13.2 Å². The summed E-state index contributed by atoms with van der Waals surface area (Å²) in [4.78, 5) is 13.6. The van der Waals surface area contributed by atoms with Crippen LogP contribution in [0.1, 0.15) is 53.4 Å². The number of hydrogen-bond acceptors (Lipinski definition) is 2. The molecule has 0 atom stereocenters. The Morgan fingerprint density at radius 2 is 1.55 bits per heavy atom. The molecule has 0 spiro atoms. The topological polar surface area (TPSA) is 46.3 Å². The van der Waals surface area contributed by atoms with Crippen LogP contribution in [0.4, 0.5) is 13.2 Å². The quantitative estimate of drug-likeness (QED) is 0.747. The Labute approximate surface area is 119 Å². The smallest absolute Gasteiger partial charge is 0.330 e. The first-order valence-electron chi connectivity index (χ1n) is 7.29. The number of carbonyl (C=O) groups is 1. The Hall–Kier alpha value is -0.780. The van der Waals surface area contributed by atoms with Crippen LogP contribution in [-0.2, 0) is 4.79 Å². The fraction of sp³-hybridized carbons (Fsp3) is 0.929. The van der Waals surface area contributed by atoms with Crippen LogP contribution >= 0.6 is 0 Å². The third-order valence-electron chi connectivity index (χ3n) is 4.19. The molecule has 2 N–H and O–H groups in total. The van der Waals surface area contributed by atoms with Crippen LogP contribution in [0.25, 0.3) is 0 Å². The molecule has 0 saturated carbocycles. The zero-order chi connectivity index (χ0) is 16.0. The Morgan fingerprint density at radius 3 is 1.80 bits per heavy atom. The van der Waals surface area contributed by atoms with E-state index < -0.39 is 30.1 Å². The third kappa shape index (κ3) is 4.65. The van der Waals surface area contributed by atoms with Gasteiger partial charge in [-0.3, -0.25) is 4.79 Å². The first kappa shape index (κ1) is 19.2. The average Bonchev–Trinajstić information content (AvgIpc) is 2.40. The van der Waals surface area contributed by atoms with E-state index >= 15 is 0 Å². The van der Waals surface area contributed by atoms with Crippen LogP contribution in [0.5, 0.6) is 0 Å². The molecule has 0 unspecified atom stereocenters. The van der Waals surface area contributed by atoms with Crippen molar-refractivity contribution in [3.63, 3.8) is 0 Å². The molecule has 0 heterocycles. The van der Waals surface area contributed by atoms with E-state index in [0.717, 1.165) is 4.90 Å². The minimum Gasteiger partial charge on any atom is -0.330 e. The highest BCUT2D eigenvalue weighted by molar-refractivity contribution is 5.83. The van der Waals surface area contributed by atoms with Crippen molar-refractivity contribution >= 4 is 5.91 Å². The lowest BCUT2D eigenvalue weighted by Crippen LogP contribution is -2.53. The van der Waals surface area contributed by atoms with Crippen LogP contribution in [-0.4, -0.2) is 36.1 Å². The summed E-state index contributed by atoms with van der Waals surface area (Å²) in [5.41, 5.74) is 4.80. The maximum Gasteiger partial charge on any atom is 0.406 e. The minimum absolute atomic E-state index is 0.0767. The highest BCUT2D eigenvalue weighted by atomic mass is 19.4. The summed E-state index contributed by atoms with van der Waals surface area (Å²) in [7, 11) is 0. The number of carbonyl (C=O) groups excluding carboxylic acids is 1. The molecule has 0 fully saturated rings. The fourth-order valence-corrected chi connectivity index (χ4v) is 2.52. The normalized spacial score (nSPS) is 12.8. The van der Waals surface area contributed by atoms with Crippen molar-refractivity contribution in [2.24, 2.45) is 11.1 Å². The van der Waals surface area contributed by atoms with E-state index in [1.807, 2.05) is 0 Å². The van der Waals surface area contributed by atoms with Gasteiger partial charge in [0.2, 0.25) is 5.91 Å². The lowest BCUT2D eigenvalue weighted by Gasteiger charge is -2.39. The molecular formula is C14H27F3N2O. The van der Waals surface area contributed by atoms with E-state index in [1.165, 1.54) is 0 Å². The second kappa shape index (κ2) is 7.86. The first-order valence-corrected chi connectivity index (χ1v) is 7.29. The van der Waals surface area contributed by atoms with Crippen LogP contribution in [0.2, 0.25) is 0 Å². The van der Waals surface area contributed by atoms with Crippen LogP contribution in [0, 0.1) is 5.41 Å². The SMILES string of the molecule is CCC(CC)N(CC(F)(F)F)C(=O)C(CC)(CC)CN. The summed E-state index contributed by atoms with van der Waals surface area (Å²) in [5.74, 6) is -0.462. The summed E-state index contributed by atoms with van der Waals surface area (Å²) < 4.78 is 38.3. The Morgan fingerprint density at radius 1 is 1.10 bits per heavy atom. The molecule has 0 aliphatic rings. The van der Waals surface area contributed by atoms with Crippen molar-refractivity contribution in [1.82, 2.24) is 4.90 Å². The Balaban J connectivity index is 5.44. The predicted molar refractivity (Wildman–Crippen MR) is 74.2 cm³/mol. The number of hydrogen-bond donors (Lipinski definition) is 1. The van der Waals surface area contributed by atoms with Gasteiger partial charge in [0.05, 0.1) is 5.41 Å². The van der Waals surface area contributed by atoms with E-state index in [0.29, 0.717) is 25.7 Å². The summed E-state index contributed by atoms with van der Waals surface area (Å²) in [6.07, 6.45) is -2.47. The van der Waals surface area contributed by atoms with Gasteiger partial charge < -0.3 is 10.6 Å². The van der Waals surface area contributed by atoms with Gasteiger partial charge in [-0.05, 0) is 25.7 Å². The number of alkyl halides is 3. The Kier molecular flexibility index (Phi) is 7.55. The highest BCUT2D eigenvalue weighted by Gasteiger charge is 2.43. The summed E-state index contributed by atoms with van der Waals surface area (Å²) >= 11 is 0. The number of nitrogens with two attached hydrogens (primary N) is 1. The molecule has 6 heteroatoms. The molecule has 0 aromatic rings. The van der Waals surface area contributed by atoms with E-state index in [4.69, 9.17) is 5.73 Å². The molecule has 0 aliphatic carbocycles. The molecule has 120 valence electrons. The molecule has 0 aromatic carbocycles. The van der Waals surface area contributed by atoms with Gasteiger partial charge in [0.15, 0.2) is 0 Å².